The zero-order valence-electron chi connectivity index (χ0n) is 10.3. The molecular formula is C14H17BrN2O. The van der Waals surface area contributed by atoms with Crippen LogP contribution in [0, 0.1) is 12.3 Å². The fourth-order valence-corrected chi connectivity index (χ4v) is 1.86. The first-order chi connectivity index (χ1) is 8.52. The highest BCUT2D eigenvalue weighted by molar-refractivity contribution is 9.10. The summed E-state index contributed by atoms with van der Waals surface area (Å²) in [6.45, 7) is 1.95. The molecule has 1 rings (SSSR count). The van der Waals surface area contributed by atoms with E-state index in [1.807, 2.05) is 31.2 Å². The molecule has 0 spiro atoms. The van der Waals surface area contributed by atoms with Crippen LogP contribution in [-0.2, 0) is 11.2 Å². The van der Waals surface area contributed by atoms with Gasteiger partial charge in [0, 0.05) is 16.9 Å². The Labute approximate surface area is 116 Å². The summed E-state index contributed by atoms with van der Waals surface area (Å²) in [5.74, 6) is 2.19. The van der Waals surface area contributed by atoms with Crippen LogP contribution >= 0.6 is 15.9 Å². The van der Waals surface area contributed by atoms with Crippen molar-refractivity contribution in [2.45, 2.75) is 31.8 Å². The number of carbonyl (C=O) groups excluding carboxylic acids is 1. The molecule has 3 nitrogen and oxygen atoms in total. The summed E-state index contributed by atoms with van der Waals surface area (Å²) in [7, 11) is 0. The van der Waals surface area contributed by atoms with E-state index in [9.17, 15) is 4.79 Å². The van der Waals surface area contributed by atoms with Crippen LogP contribution in [0.1, 0.15) is 18.9 Å². The van der Waals surface area contributed by atoms with Gasteiger partial charge in [-0.25, -0.2) is 0 Å². The second kappa shape index (κ2) is 7.20. The van der Waals surface area contributed by atoms with Crippen molar-refractivity contribution in [3.8, 4) is 12.3 Å². The summed E-state index contributed by atoms with van der Waals surface area (Å²) in [6.07, 6.45) is 6.15. The van der Waals surface area contributed by atoms with E-state index < -0.39 is 6.04 Å². The van der Waals surface area contributed by atoms with Gasteiger partial charge in [-0.3, -0.25) is 4.79 Å². The fourth-order valence-electron chi connectivity index (χ4n) is 1.59. The van der Waals surface area contributed by atoms with Crippen LogP contribution in [0.3, 0.4) is 0 Å². The van der Waals surface area contributed by atoms with Gasteiger partial charge in [-0.05, 0) is 31.0 Å². The van der Waals surface area contributed by atoms with Crippen LogP contribution in [-0.4, -0.2) is 18.0 Å². The van der Waals surface area contributed by atoms with Crippen LogP contribution in [0.25, 0.3) is 0 Å². The Bertz CT molecular complexity index is 436. The van der Waals surface area contributed by atoms with Crippen molar-refractivity contribution in [3.05, 3.63) is 34.3 Å². The van der Waals surface area contributed by atoms with Crippen molar-refractivity contribution >= 4 is 21.8 Å². The van der Waals surface area contributed by atoms with Gasteiger partial charge in [0.1, 0.15) is 0 Å². The first kappa shape index (κ1) is 14.7. The Morgan fingerprint density at radius 3 is 2.67 bits per heavy atom. The second-order valence-electron chi connectivity index (χ2n) is 4.25. The molecule has 0 aliphatic heterocycles. The average molecular weight is 309 g/mol. The fraction of sp³-hybridized carbons (Fsp3) is 0.357. The zero-order valence-corrected chi connectivity index (χ0v) is 11.9. The summed E-state index contributed by atoms with van der Waals surface area (Å²) < 4.78 is 1.04. The number of nitrogens with two attached hydrogens (primary N) is 1. The molecule has 0 saturated heterocycles. The van der Waals surface area contributed by atoms with Gasteiger partial charge in [-0.15, -0.1) is 12.3 Å². The summed E-state index contributed by atoms with van der Waals surface area (Å²) in [5, 5.41) is 2.86. The van der Waals surface area contributed by atoms with Crippen LogP contribution in [0.2, 0.25) is 0 Å². The lowest BCUT2D eigenvalue weighted by atomic mass is 10.1. The molecule has 0 aliphatic carbocycles. The third-order valence-corrected chi connectivity index (χ3v) is 3.05. The maximum atomic E-state index is 11.6. The molecule has 1 amide bonds. The normalized spacial score (nSPS) is 13.4. The largest absolute Gasteiger partial charge is 0.352 e. The van der Waals surface area contributed by atoms with Crippen molar-refractivity contribution in [3.63, 3.8) is 0 Å². The summed E-state index contributed by atoms with van der Waals surface area (Å²) >= 11 is 3.38. The van der Waals surface area contributed by atoms with Gasteiger partial charge in [-0.2, -0.15) is 0 Å². The van der Waals surface area contributed by atoms with Crippen molar-refractivity contribution in [1.82, 2.24) is 5.32 Å². The standard InChI is InChI=1S/C14H17BrN2O/c1-3-4-13(16)14(18)17-10(2)9-11-5-7-12(15)8-6-11/h1,5-8,10,13H,4,9,16H2,2H3,(H,17,18). The summed E-state index contributed by atoms with van der Waals surface area (Å²) in [4.78, 5) is 11.6. The number of rotatable bonds is 5. The Hall–Kier alpha value is -1.31. The molecule has 4 heteroatoms. The summed E-state index contributed by atoms with van der Waals surface area (Å²) in [6, 6.07) is 7.41. The van der Waals surface area contributed by atoms with Crippen molar-refractivity contribution in [2.75, 3.05) is 0 Å². The highest BCUT2D eigenvalue weighted by Gasteiger charge is 2.14. The maximum Gasteiger partial charge on any atom is 0.238 e. The van der Waals surface area contributed by atoms with Gasteiger partial charge < -0.3 is 11.1 Å². The number of benzene rings is 1. The maximum absolute atomic E-state index is 11.6. The first-order valence-corrected chi connectivity index (χ1v) is 6.56. The smallest absolute Gasteiger partial charge is 0.238 e. The van der Waals surface area contributed by atoms with Gasteiger partial charge in [0.2, 0.25) is 5.91 Å². The molecule has 2 unspecified atom stereocenters. The molecule has 0 bridgehead atoms. The highest BCUT2D eigenvalue weighted by Crippen LogP contribution is 2.11. The predicted molar refractivity (Wildman–Crippen MR) is 76.9 cm³/mol. The lowest BCUT2D eigenvalue weighted by Gasteiger charge is -2.16. The van der Waals surface area contributed by atoms with Crippen molar-refractivity contribution < 1.29 is 4.79 Å². The third-order valence-electron chi connectivity index (χ3n) is 2.52. The third kappa shape index (κ3) is 4.91. The molecule has 2 atom stereocenters. The topological polar surface area (TPSA) is 55.1 Å². The highest BCUT2D eigenvalue weighted by atomic mass is 79.9. The quantitative estimate of drug-likeness (QED) is 0.816. The van der Waals surface area contributed by atoms with Gasteiger partial charge in [0.15, 0.2) is 0 Å². The van der Waals surface area contributed by atoms with Gasteiger partial charge in [-0.1, -0.05) is 28.1 Å². The minimum absolute atomic E-state index is 0.0301. The first-order valence-electron chi connectivity index (χ1n) is 5.76. The number of nitrogens with one attached hydrogen (secondary N) is 1. The molecule has 1 aromatic carbocycles. The molecule has 0 heterocycles. The molecular weight excluding hydrogens is 292 g/mol. The number of hydrogen-bond acceptors (Lipinski definition) is 2. The Morgan fingerprint density at radius 1 is 1.50 bits per heavy atom. The lowest BCUT2D eigenvalue weighted by molar-refractivity contribution is -0.122. The number of carbonyl (C=O) groups is 1. The van der Waals surface area contributed by atoms with Crippen LogP contribution < -0.4 is 11.1 Å². The predicted octanol–water partition coefficient (Wildman–Crippen LogP) is 1.85. The molecule has 0 aliphatic rings. The molecule has 1 aromatic rings. The average Bonchev–Trinajstić information content (AvgIpc) is 2.32. The monoisotopic (exact) mass is 308 g/mol. The molecule has 3 N–H and O–H groups in total. The van der Waals surface area contributed by atoms with E-state index >= 15 is 0 Å². The van der Waals surface area contributed by atoms with E-state index in [2.05, 4.69) is 27.2 Å². The zero-order chi connectivity index (χ0) is 13.5. The Kier molecular flexibility index (Phi) is 5.90. The van der Waals surface area contributed by atoms with Crippen LogP contribution in [0.4, 0.5) is 0 Å². The second-order valence-corrected chi connectivity index (χ2v) is 5.17. The van der Waals surface area contributed by atoms with E-state index in [-0.39, 0.29) is 18.4 Å². The van der Waals surface area contributed by atoms with Gasteiger partial charge in [0.05, 0.1) is 6.04 Å². The molecule has 0 radical (unpaired) electrons. The molecule has 0 saturated carbocycles. The van der Waals surface area contributed by atoms with Crippen molar-refractivity contribution in [1.29, 1.82) is 0 Å². The molecule has 0 aromatic heterocycles. The molecule has 96 valence electrons. The van der Waals surface area contributed by atoms with Gasteiger partial charge >= 0.3 is 0 Å². The van der Waals surface area contributed by atoms with Gasteiger partial charge in [0.25, 0.3) is 0 Å². The van der Waals surface area contributed by atoms with Crippen molar-refractivity contribution in [2.24, 2.45) is 5.73 Å². The minimum Gasteiger partial charge on any atom is -0.352 e. The Morgan fingerprint density at radius 2 is 2.11 bits per heavy atom. The minimum atomic E-state index is -0.623. The van der Waals surface area contributed by atoms with E-state index in [4.69, 9.17) is 12.2 Å². The van der Waals surface area contributed by atoms with Crippen LogP contribution in [0.15, 0.2) is 28.7 Å². The number of halogens is 1. The molecule has 18 heavy (non-hydrogen) atoms. The van der Waals surface area contributed by atoms with E-state index in [1.54, 1.807) is 0 Å². The number of terminal acetylenes is 1. The molecule has 0 fully saturated rings. The van der Waals surface area contributed by atoms with E-state index in [0.29, 0.717) is 0 Å². The van der Waals surface area contributed by atoms with E-state index in [1.165, 1.54) is 0 Å². The van der Waals surface area contributed by atoms with Crippen LogP contribution in [0.5, 0.6) is 0 Å². The lowest BCUT2D eigenvalue weighted by Crippen LogP contribution is -2.44. The Balaban J connectivity index is 2.46. The van der Waals surface area contributed by atoms with E-state index in [0.717, 1.165) is 16.5 Å². The number of hydrogen-bond donors (Lipinski definition) is 2. The number of amides is 1. The summed E-state index contributed by atoms with van der Waals surface area (Å²) in [5.41, 5.74) is 6.79. The SMILES string of the molecule is C#CCC(N)C(=O)NC(C)Cc1ccc(Br)cc1.